The van der Waals surface area contributed by atoms with Crippen molar-refractivity contribution < 1.29 is 14.3 Å². The van der Waals surface area contributed by atoms with E-state index in [2.05, 4.69) is 28.9 Å². The lowest BCUT2D eigenvalue weighted by Gasteiger charge is -2.30. The van der Waals surface area contributed by atoms with Gasteiger partial charge in [-0.25, -0.2) is 0 Å². The number of aryl methyl sites for hydroxylation is 1. The number of ether oxygens (including phenoxy) is 1. The zero-order valence-electron chi connectivity index (χ0n) is 22.8. The highest BCUT2D eigenvalue weighted by Gasteiger charge is 2.35. The van der Waals surface area contributed by atoms with Crippen LogP contribution in [0.2, 0.25) is 0 Å². The minimum Gasteiger partial charge on any atom is -0.494 e. The van der Waals surface area contributed by atoms with Crippen LogP contribution in [0.4, 0.5) is 11.4 Å². The molecule has 1 heterocycles. The van der Waals surface area contributed by atoms with Crippen LogP contribution in [-0.2, 0) is 16.0 Å². The van der Waals surface area contributed by atoms with Gasteiger partial charge >= 0.3 is 0 Å². The summed E-state index contributed by atoms with van der Waals surface area (Å²) in [6.07, 6.45) is 0.925. The molecular weight excluding hydrogens is 520 g/mol. The summed E-state index contributed by atoms with van der Waals surface area (Å²) >= 11 is 1.24. The predicted octanol–water partition coefficient (Wildman–Crippen LogP) is 6.35. The second-order valence-electron chi connectivity index (χ2n) is 9.16. The lowest BCUT2D eigenvalue weighted by atomic mass is 9.82. The Morgan fingerprint density at radius 2 is 1.62 bits per heavy atom. The van der Waals surface area contributed by atoms with Crippen LogP contribution in [0, 0.1) is 11.3 Å². The molecule has 7 nitrogen and oxygen atoms in total. The van der Waals surface area contributed by atoms with Crippen LogP contribution in [0.25, 0.3) is 0 Å². The van der Waals surface area contributed by atoms with Gasteiger partial charge in [0, 0.05) is 22.6 Å². The average molecular weight is 553 g/mol. The first-order valence-electron chi connectivity index (χ1n) is 13.2. The first-order chi connectivity index (χ1) is 19.4. The van der Waals surface area contributed by atoms with E-state index in [9.17, 15) is 14.9 Å². The molecule has 8 heteroatoms. The van der Waals surface area contributed by atoms with E-state index >= 15 is 0 Å². The second-order valence-corrected chi connectivity index (χ2v) is 10.1. The number of carbonyl (C=O) groups excluding carboxylic acids is 2. The summed E-state index contributed by atoms with van der Waals surface area (Å²) in [6.45, 7) is 6.34. The van der Waals surface area contributed by atoms with Gasteiger partial charge in [0.15, 0.2) is 0 Å². The number of nitriles is 1. The number of allylic oxidation sites excluding steroid dienone is 2. The van der Waals surface area contributed by atoms with Crippen LogP contribution in [0.1, 0.15) is 37.8 Å². The van der Waals surface area contributed by atoms with Crippen molar-refractivity contribution in [3.05, 3.63) is 112 Å². The van der Waals surface area contributed by atoms with Gasteiger partial charge in [-0.2, -0.15) is 5.26 Å². The number of anilines is 2. The summed E-state index contributed by atoms with van der Waals surface area (Å²) in [5.74, 6) is -0.319. The number of nitrogens with zero attached hydrogens (tertiary/aromatic N) is 1. The largest absolute Gasteiger partial charge is 0.494 e. The molecule has 3 N–H and O–H groups in total. The van der Waals surface area contributed by atoms with Crippen molar-refractivity contribution in [2.24, 2.45) is 0 Å². The Balaban J connectivity index is 1.61. The number of para-hydroxylation sites is 1. The molecule has 3 aromatic rings. The SMILES string of the molecule is CCOc1ccc([C@H]2C(C#N)=C(SCC(=O)Nc3ccc(CC)cc3)NC(C)=C2C(=O)Nc2ccccc2)cc1. The quantitative estimate of drug-likeness (QED) is 0.271. The smallest absolute Gasteiger partial charge is 0.254 e. The third-order valence-corrected chi connectivity index (χ3v) is 7.46. The third kappa shape index (κ3) is 6.93. The summed E-state index contributed by atoms with van der Waals surface area (Å²) in [5, 5.41) is 20.0. The van der Waals surface area contributed by atoms with E-state index in [0.717, 1.165) is 17.7 Å². The van der Waals surface area contributed by atoms with E-state index in [4.69, 9.17) is 4.74 Å². The standard InChI is InChI=1S/C32H32N4O3S/c1-4-22-11-15-25(16-12-22)35-28(37)20-40-32-27(19-33)30(23-13-17-26(18-14-23)39-5-2)29(21(3)34-32)31(38)36-24-9-7-6-8-10-24/h6-18,30,34H,4-5,20H2,1-3H3,(H,35,37)(H,36,38)/t30-/m0/s1. The lowest BCUT2D eigenvalue weighted by Crippen LogP contribution is -2.31. The molecule has 0 aliphatic carbocycles. The van der Waals surface area contributed by atoms with E-state index < -0.39 is 5.92 Å². The van der Waals surface area contributed by atoms with Crippen LogP contribution in [-0.4, -0.2) is 24.2 Å². The summed E-state index contributed by atoms with van der Waals surface area (Å²) in [7, 11) is 0. The Morgan fingerprint density at radius 1 is 0.950 bits per heavy atom. The van der Waals surface area contributed by atoms with Crippen LogP contribution in [0.3, 0.4) is 0 Å². The van der Waals surface area contributed by atoms with Gasteiger partial charge in [0.05, 0.1) is 34.9 Å². The molecule has 0 saturated heterocycles. The van der Waals surface area contributed by atoms with Crippen molar-refractivity contribution in [1.82, 2.24) is 5.32 Å². The molecule has 0 spiro atoms. The van der Waals surface area contributed by atoms with Crippen LogP contribution >= 0.6 is 11.8 Å². The van der Waals surface area contributed by atoms with Gasteiger partial charge in [0.25, 0.3) is 5.91 Å². The summed E-state index contributed by atoms with van der Waals surface area (Å²) in [6, 6.07) is 26.7. The van der Waals surface area contributed by atoms with Gasteiger partial charge in [-0.05, 0) is 67.8 Å². The van der Waals surface area contributed by atoms with E-state index in [1.807, 2.05) is 92.7 Å². The summed E-state index contributed by atoms with van der Waals surface area (Å²) in [5.41, 5.74) is 4.77. The Morgan fingerprint density at radius 3 is 2.25 bits per heavy atom. The maximum atomic E-state index is 13.6. The highest BCUT2D eigenvalue weighted by atomic mass is 32.2. The van der Waals surface area contributed by atoms with Gasteiger partial charge in [-0.1, -0.05) is 61.2 Å². The van der Waals surface area contributed by atoms with Crippen molar-refractivity contribution in [3.63, 3.8) is 0 Å². The zero-order valence-corrected chi connectivity index (χ0v) is 23.6. The Kier molecular flexibility index (Phi) is 9.66. The Bertz CT molecular complexity index is 1460. The van der Waals surface area contributed by atoms with Crippen molar-refractivity contribution in [1.29, 1.82) is 5.26 Å². The minimum absolute atomic E-state index is 0.0951. The molecule has 0 fully saturated rings. The zero-order chi connectivity index (χ0) is 28.5. The first-order valence-corrected chi connectivity index (χ1v) is 14.1. The fraction of sp³-hybridized carbons (Fsp3) is 0.219. The molecular formula is C32H32N4O3S. The molecule has 0 aromatic heterocycles. The fourth-order valence-corrected chi connectivity index (χ4v) is 5.35. The number of hydrogen-bond donors (Lipinski definition) is 3. The third-order valence-electron chi connectivity index (χ3n) is 6.44. The number of carbonyl (C=O) groups is 2. The molecule has 2 amide bonds. The van der Waals surface area contributed by atoms with E-state index in [-0.39, 0.29) is 17.6 Å². The van der Waals surface area contributed by atoms with Crippen molar-refractivity contribution in [3.8, 4) is 11.8 Å². The summed E-state index contributed by atoms with van der Waals surface area (Å²) < 4.78 is 5.59. The molecule has 3 aromatic carbocycles. The molecule has 40 heavy (non-hydrogen) atoms. The lowest BCUT2D eigenvalue weighted by molar-refractivity contribution is -0.114. The molecule has 0 radical (unpaired) electrons. The van der Waals surface area contributed by atoms with Crippen molar-refractivity contribution in [2.45, 2.75) is 33.1 Å². The molecule has 1 aliphatic rings. The molecule has 204 valence electrons. The number of hydrogen-bond acceptors (Lipinski definition) is 6. The topological polar surface area (TPSA) is 103 Å². The number of amides is 2. The maximum Gasteiger partial charge on any atom is 0.254 e. The van der Waals surface area contributed by atoms with Crippen LogP contribution < -0.4 is 20.7 Å². The van der Waals surface area contributed by atoms with Crippen LogP contribution in [0.5, 0.6) is 5.75 Å². The monoisotopic (exact) mass is 552 g/mol. The van der Waals surface area contributed by atoms with Gasteiger partial charge in [-0.3, -0.25) is 9.59 Å². The maximum absolute atomic E-state index is 13.6. The minimum atomic E-state index is -0.627. The number of dihydropyridines is 1. The highest BCUT2D eigenvalue weighted by Crippen LogP contribution is 2.41. The van der Waals surface area contributed by atoms with Gasteiger partial charge in [-0.15, -0.1) is 0 Å². The predicted molar refractivity (Wildman–Crippen MR) is 161 cm³/mol. The first kappa shape index (κ1) is 28.5. The Hall–Kier alpha value is -4.48. The molecule has 0 saturated carbocycles. The average Bonchev–Trinajstić information content (AvgIpc) is 2.97. The van der Waals surface area contributed by atoms with Crippen LogP contribution in [0.15, 0.2) is 101 Å². The van der Waals surface area contributed by atoms with E-state index in [0.29, 0.717) is 39.9 Å². The molecule has 1 atom stereocenters. The summed E-state index contributed by atoms with van der Waals surface area (Å²) in [4.78, 5) is 26.3. The number of thioether (sulfide) groups is 1. The van der Waals surface area contributed by atoms with Crippen molar-refractivity contribution >= 4 is 35.0 Å². The number of rotatable bonds is 10. The molecule has 4 rings (SSSR count). The molecule has 1 aliphatic heterocycles. The van der Waals surface area contributed by atoms with E-state index in [1.165, 1.54) is 17.3 Å². The normalized spacial score (nSPS) is 14.7. The van der Waals surface area contributed by atoms with E-state index in [1.54, 1.807) is 0 Å². The highest BCUT2D eigenvalue weighted by molar-refractivity contribution is 8.03. The fourth-order valence-electron chi connectivity index (χ4n) is 4.46. The van der Waals surface area contributed by atoms with Gasteiger partial charge < -0.3 is 20.7 Å². The second kappa shape index (κ2) is 13.5. The number of benzene rings is 3. The molecule has 0 unspecified atom stereocenters. The molecule has 0 bridgehead atoms. The van der Waals surface area contributed by atoms with Gasteiger partial charge in [0.1, 0.15) is 5.75 Å². The van der Waals surface area contributed by atoms with Crippen molar-refractivity contribution in [2.75, 3.05) is 23.0 Å². The Labute approximate surface area is 239 Å². The van der Waals surface area contributed by atoms with Gasteiger partial charge in [0.2, 0.25) is 5.91 Å². The number of nitrogens with one attached hydrogen (secondary N) is 3.